The summed E-state index contributed by atoms with van der Waals surface area (Å²) in [6, 6.07) is 4.26. The van der Waals surface area contributed by atoms with Crippen molar-refractivity contribution < 1.29 is 9.30 Å². The molecule has 1 heterocycles. The van der Waals surface area contributed by atoms with Gasteiger partial charge in [0.1, 0.15) is 0 Å². The van der Waals surface area contributed by atoms with Gasteiger partial charge in [0, 0.05) is 31.9 Å². The van der Waals surface area contributed by atoms with E-state index in [1.54, 1.807) is 0 Å². The Morgan fingerprint density at radius 3 is 2.48 bits per heavy atom. The van der Waals surface area contributed by atoms with Crippen LogP contribution in [0.5, 0.6) is 0 Å². The summed E-state index contributed by atoms with van der Waals surface area (Å²) in [7, 11) is 4.12. The van der Waals surface area contributed by atoms with Gasteiger partial charge >= 0.3 is 0 Å². The molecule has 1 aliphatic rings. The van der Waals surface area contributed by atoms with Crippen LogP contribution in [-0.4, -0.2) is 20.2 Å². The van der Waals surface area contributed by atoms with Gasteiger partial charge in [-0.25, -0.2) is 0 Å². The first-order valence-corrected chi connectivity index (χ1v) is 8.25. The van der Waals surface area contributed by atoms with Crippen molar-refractivity contribution in [3.63, 3.8) is 0 Å². The van der Waals surface area contributed by atoms with Crippen LogP contribution >= 0.6 is 0 Å². The summed E-state index contributed by atoms with van der Waals surface area (Å²) in [5.41, 5.74) is 1.22. The number of nitrogens with zero attached hydrogens (tertiary/aromatic N) is 2. The average Bonchev–Trinajstić information content (AvgIpc) is 2.45. The van der Waals surface area contributed by atoms with Crippen molar-refractivity contribution in [1.82, 2.24) is 0 Å². The molecule has 3 atom stereocenters. The van der Waals surface area contributed by atoms with Crippen molar-refractivity contribution in [2.75, 3.05) is 19.0 Å². The highest BCUT2D eigenvalue weighted by Gasteiger charge is 2.32. The summed E-state index contributed by atoms with van der Waals surface area (Å²) in [5.74, 6) is 2.22. The lowest BCUT2D eigenvalue weighted by molar-refractivity contribution is -0.735. The number of aromatic nitrogens is 1. The van der Waals surface area contributed by atoms with Crippen molar-refractivity contribution in [3.8, 4) is 0 Å². The van der Waals surface area contributed by atoms with Crippen LogP contribution in [0.3, 0.4) is 0 Å². The van der Waals surface area contributed by atoms with Crippen LogP contribution in [0.4, 0.5) is 5.69 Å². The number of pyridine rings is 1. The van der Waals surface area contributed by atoms with Crippen LogP contribution in [0.1, 0.15) is 40.0 Å². The molecule has 0 saturated heterocycles. The van der Waals surface area contributed by atoms with E-state index in [2.05, 4.69) is 68.9 Å². The molecule has 3 nitrogen and oxygen atoms in total. The minimum absolute atomic E-state index is 0.412. The van der Waals surface area contributed by atoms with Crippen molar-refractivity contribution in [3.05, 3.63) is 24.5 Å². The predicted molar refractivity (Wildman–Crippen MR) is 87.2 cm³/mol. The van der Waals surface area contributed by atoms with E-state index in [9.17, 15) is 0 Å². The van der Waals surface area contributed by atoms with E-state index < -0.39 is 0 Å². The molecule has 1 fully saturated rings. The normalized spacial score (nSPS) is 26.1. The Labute approximate surface area is 129 Å². The molecule has 0 spiro atoms. The zero-order chi connectivity index (χ0) is 15.4. The van der Waals surface area contributed by atoms with Gasteiger partial charge in [0.15, 0.2) is 12.4 Å². The molecule has 3 heteroatoms. The number of rotatable bonds is 5. The molecule has 0 N–H and O–H groups in total. The Kier molecular flexibility index (Phi) is 5.63. The zero-order valence-corrected chi connectivity index (χ0v) is 14.2. The molecule has 2 rings (SSSR count). The van der Waals surface area contributed by atoms with Crippen LogP contribution in [0.25, 0.3) is 0 Å². The van der Waals surface area contributed by atoms with Crippen LogP contribution < -0.4 is 9.47 Å². The van der Waals surface area contributed by atoms with Crippen LogP contribution in [0.15, 0.2) is 24.5 Å². The largest absolute Gasteiger partial charge is 0.377 e. The molecule has 0 aliphatic heterocycles. The van der Waals surface area contributed by atoms with Crippen molar-refractivity contribution in [2.45, 2.75) is 52.9 Å². The number of hydrogen-bond donors (Lipinski definition) is 0. The first-order chi connectivity index (χ1) is 9.97. The fourth-order valence-electron chi connectivity index (χ4n) is 3.32. The number of anilines is 1. The zero-order valence-electron chi connectivity index (χ0n) is 14.2. The van der Waals surface area contributed by atoms with Gasteiger partial charge in [-0.15, -0.1) is 0 Å². The van der Waals surface area contributed by atoms with Gasteiger partial charge < -0.3 is 9.64 Å². The van der Waals surface area contributed by atoms with Crippen molar-refractivity contribution in [1.29, 1.82) is 0 Å². The molecular weight excluding hydrogens is 260 g/mol. The van der Waals surface area contributed by atoms with E-state index in [4.69, 9.17) is 4.74 Å². The summed E-state index contributed by atoms with van der Waals surface area (Å²) in [6.45, 7) is 7.67. The van der Waals surface area contributed by atoms with E-state index in [0.717, 1.165) is 5.92 Å². The standard InChI is InChI=1S/C18H31N2O/c1-14(2)17-7-6-15(3)12-18(17)21-13-20-10-8-16(9-11-20)19(4)5/h8-11,14-15,17-18H,6-7,12-13H2,1-5H3/q+1/t15-,17+,18-/m1/s1. The highest BCUT2D eigenvalue weighted by Crippen LogP contribution is 2.35. The molecule has 1 aromatic rings. The SMILES string of the molecule is CC(C)[C@@H]1CC[C@@H](C)C[C@H]1OC[n+]1ccc(N(C)C)cc1. The van der Waals surface area contributed by atoms with E-state index in [1.165, 1.54) is 24.9 Å². The average molecular weight is 291 g/mol. The van der Waals surface area contributed by atoms with E-state index >= 15 is 0 Å². The Morgan fingerprint density at radius 1 is 1.24 bits per heavy atom. The van der Waals surface area contributed by atoms with Gasteiger partial charge in [0.25, 0.3) is 6.73 Å². The minimum atomic E-state index is 0.412. The monoisotopic (exact) mass is 291 g/mol. The summed E-state index contributed by atoms with van der Waals surface area (Å²) in [5, 5.41) is 0. The lowest BCUT2D eigenvalue weighted by Crippen LogP contribution is -2.41. The molecule has 118 valence electrons. The van der Waals surface area contributed by atoms with Gasteiger partial charge in [0.2, 0.25) is 0 Å². The molecule has 0 aromatic carbocycles. The third-order valence-corrected chi connectivity index (χ3v) is 4.79. The smallest absolute Gasteiger partial charge is 0.252 e. The second-order valence-electron chi connectivity index (χ2n) is 7.13. The third kappa shape index (κ3) is 4.44. The fourth-order valence-corrected chi connectivity index (χ4v) is 3.32. The lowest BCUT2D eigenvalue weighted by Gasteiger charge is -2.36. The van der Waals surface area contributed by atoms with Gasteiger partial charge in [-0.3, -0.25) is 0 Å². The maximum Gasteiger partial charge on any atom is 0.252 e. The molecule has 0 bridgehead atoms. The molecule has 1 aliphatic carbocycles. The molecule has 0 amide bonds. The second kappa shape index (κ2) is 7.26. The maximum atomic E-state index is 6.26. The van der Waals surface area contributed by atoms with E-state index in [-0.39, 0.29) is 0 Å². The molecule has 1 aromatic heterocycles. The van der Waals surface area contributed by atoms with Crippen LogP contribution in [0.2, 0.25) is 0 Å². The van der Waals surface area contributed by atoms with Gasteiger partial charge in [-0.05, 0) is 30.6 Å². The summed E-state index contributed by atoms with van der Waals surface area (Å²) in [4.78, 5) is 2.11. The lowest BCUT2D eigenvalue weighted by atomic mass is 9.75. The van der Waals surface area contributed by atoms with Crippen LogP contribution in [-0.2, 0) is 11.5 Å². The van der Waals surface area contributed by atoms with Crippen LogP contribution in [0, 0.1) is 17.8 Å². The quantitative estimate of drug-likeness (QED) is 0.772. The molecule has 1 saturated carbocycles. The highest BCUT2D eigenvalue weighted by atomic mass is 16.5. The Bertz CT molecular complexity index is 427. The van der Waals surface area contributed by atoms with Gasteiger partial charge in [0.05, 0.1) is 6.10 Å². The molecular formula is C18H31N2O+. The number of ether oxygens (including phenoxy) is 1. The maximum absolute atomic E-state index is 6.26. The predicted octanol–water partition coefficient (Wildman–Crippen LogP) is 3.48. The molecule has 0 unspecified atom stereocenters. The fraction of sp³-hybridized carbons (Fsp3) is 0.722. The van der Waals surface area contributed by atoms with Gasteiger partial charge in [-0.2, -0.15) is 4.57 Å². The first-order valence-electron chi connectivity index (χ1n) is 8.25. The van der Waals surface area contributed by atoms with Crippen molar-refractivity contribution in [2.24, 2.45) is 17.8 Å². The topological polar surface area (TPSA) is 16.4 Å². The summed E-state index contributed by atoms with van der Waals surface area (Å²) < 4.78 is 8.39. The van der Waals surface area contributed by atoms with Gasteiger partial charge in [-0.1, -0.05) is 27.2 Å². The van der Waals surface area contributed by atoms with E-state index in [1.807, 2.05) is 0 Å². The Balaban J connectivity index is 1.93. The Hall–Kier alpha value is -1.09. The second-order valence-corrected chi connectivity index (χ2v) is 7.13. The van der Waals surface area contributed by atoms with Crippen molar-refractivity contribution >= 4 is 5.69 Å². The first kappa shape index (κ1) is 16.3. The van der Waals surface area contributed by atoms with E-state index in [0.29, 0.717) is 24.7 Å². The molecule has 0 radical (unpaired) electrons. The summed E-state index contributed by atoms with van der Waals surface area (Å²) >= 11 is 0. The Morgan fingerprint density at radius 2 is 1.90 bits per heavy atom. The molecule has 21 heavy (non-hydrogen) atoms. The highest BCUT2D eigenvalue weighted by molar-refractivity contribution is 5.41. The third-order valence-electron chi connectivity index (χ3n) is 4.79. The minimum Gasteiger partial charge on any atom is -0.377 e. The summed E-state index contributed by atoms with van der Waals surface area (Å²) in [6.07, 6.45) is 8.49. The number of hydrogen-bond acceptors (Lipinski definition) is 2.